The molecule has 0 atom stereocenters. The molecule has 2 rings (SSSR count). The second-order valence-corrected chi connectivity index (χ2v) is 5.13. The predicted octanol–water partition coefficient (Wildman–Crippen LogP) is 4.05. The molecule has 0 fully saturated rings. The molecule has 0 aromatic carbocycles. The van der Waals surface area contributed by atoms with Crippen LogP contribution in [0, 0.1) is 5.82 Å². The summed E-state index contributed by atoms with van der Waals surface area (Å²) in [6.07, 6.45) is 1.60. The number of pyridine rings is 1. The lowest BCUT2D eigenvalue weighted by Crippen LogP contribution is -2.24. The van der Waals surface area contributed by atoms with E-state index in [0.29, 0.717) is 24.5 Å². The van der Waals surface area contributed by atoms with Gasteiger partial charge in [-0.1, -0.05) is 6.07 Å². The topological polar surface area (TPSA) is 16.1 Å². The molecule has 0 bridgehead atoms. The van der Waals surface area contributed by atoms with Gasteiger partial charge in [-0.2, -0.15) is 0 Å². The first-order valence-electron chi connectivity index (χ1n) is 5.73. The van der Waals surface area contributed by atoms with E-state index in [4.69, 9.17) is 11.6 Å². The molecule has 18 heavy (non-hydrogen) atoms. The summed E-state index contributed by atoms with van der Waals surface area (Å²) in [5.41, 5.74) is 0.492. The lowest BCUT2D eigenvalue weighted by Gasteiger charge is -2.22. The van der Waals surface area contributed by atoms with Crippen molar-refractivity contribution in [3.63, 3.8) is 0 Å². The minimum absolute atomic E-state index is 0.165. The van der Waals surface area contributed by atoms with Gasteiger partial charge in [-0.05, 0) is 24.4 Å². The van der Waals surface area contributed by atoms with Crippen LogP contribution in [0.2, 0.25) is 0 Å². The second-order valence-electron chi connectivity index (χ2n) is 3.83. The van der Waals surface area contributed by atoms with Crippen LogP contribution >= 0.6 is 22.9 Å². The van der Waals surface area contributed by atoms with Crippen molar-refractivity contribution in [1.82, 2.24) is 4.98 Å². The van der Waals surface area contributed by atoms with Crippen molar-refractivity contribution in [2.24, 2.45) is 0 Å². The zero-order valence-electron chi connectivity index (χ0n) is 10.1. The van der Waals surface area contributed by atoms with Gasteiger partial charge in [0.25, 0.3) is 0 Å². The van der Waals surface area contributed by atoms with Gasteiger partial charge in [0.15, 0.2) is 11.6 Å². The quantitative estimate of drug-likeness (QED) is 0.770. The SMILES string of the molecule is CCN(Cc1cccs1)c1nccc(CCl)c1F. The molecule has 96 valence electrons. The molecule has 0 saturated carbocycles. The first-order chi connectivity index (χ1) is 8.76. The maximum atomic E-state index is 14.2. The summed E-state index contributed by atoms with van der Waals surface area (Å²) in [5.74, 6) is 0.229. The van der Waals surface area contributed by atoms with Gasteiger partial charge in [-0.15, -0.1) is 22.9 Å². The molecule has 0 aliphatic rings. The molecule has 0 amide bonds. The molecule has 0 aliphatic heterocycles. The fraction of sp³-hybridized carbons (Fsp3) is 0.308. The highest BCUT2D eigenvalue weighted by Gasteiger charge is 2.15. The Bertz CT molecular complexity index is 502. The minimum Gasteiger partial charge on any atom is -0.349 e. The van der Waals surface area contributed by atoms with Crippen LogP contribution in [0.5, 0.6) is 0 Å². The van der Waals surface area contributed by atoms with Gasteiger partial charge < -0.3 is 4.90 Å². The monoisotopic (exact) mass is 284 g/mol. The number of alkyl halides is 1. The Labute approximate surface area is 115 Å². The molecule has 2 nitrogen and oxygen atoms in total. The third kappa shape index (κ3) is 2.82. The largest absolute Gasteiger partial charge is 0.349 e. The van der Waals surface area contributed by atoms with Crippen molar-refractivity contribution in [2.75, 3.05) is 11.4 Å². The molecule has 0 N–H and O–H groups in total. The lowest BCUT2D eigenvalue weighted by molar-refractivity contribution is 0.600. The summed E-state index contributed by atoms with van der Waals surface area (Å²) in [5, 5.41) is 2.02. The molecule has 2 aromatic rings. The average molecular weight is 285 g/mol. The number of rotatable bonds is 5. The van der Waals surface area contributed by atoms with Crippen LogP contribution < -0.4 is 4.90 Å². The second kappa shape index (κ2) is 6.16. The van der Waals surface area contributed by atoms with Crippen molar-refractivity contribution in [2.45, 2.75) is 19.3 Å². The van der Waals surface area contributed by atoms with E-state index in [9.17, 15) is 4.39 Å². The summed E-state index contributed by atoms with van der Waals surface area (Å²) in [4.78, 5) is 7.24. The van der Waals surface area contributed by atoms with Gasteiger partial charge in [0.2, 0.25) is 0 Å². The van der Waals surface area contributed by atoms with E-state index in [0.717, 1.165) is 0 Å². The number of hydrogen-bond donors (Lipinski definition) is 0. The first-order valence-corrected chi connectivity index (χ1v) is 7.14. The van der Waals surface area contributed by atoms with Crippen LogP contribution in [-0.4, -0.2) is 11.5 Å². The summed E-state index contributed by atoms with van der Waals surface area (Å²) < 4.78 is 14.2. The smallest absolute Gasteiger partial charge is 0.170 e. The highest BCUT2D eigenvalue weighted by molar-refractivity contribution is 7.09. The zero-order valence-corrected chi connectivity index (χ0v) is 11.6. The predicted molar refractivity (Wildman–Crippen MR) is 74.8 cm³/mol. The van der Waals surface area contributed by atoms with Gasteiger partial charge >= 0.3 is 0 Å². The maximum absolute atomic E-state index is 14.2. The van der Waals surface area contributed by atoms with E-state index in [1.165, 1.54) is 4.88 Å². The van der Waals surface area contributed by atoms with Crippen LogP contribution in [0.4, 0.5) is 10.2 Å². The van der Waals surface area contributed by atoms with Crippen molar-refractivity contribution in [3.8, 4) is 0 Å². The van der Waals surface area contributed by atoms with E-state index in [2.05, 4.69) is 4.98 Å². The summed E-state index contributed by atoms with van der Waals surface area (Å²) in [7, 11) is 0. The number of halogens is 2. The van der Waals surface area contributed by atoms with Crippen LogP contribution in [0.1, 0.15) is 17.4 Å². The van der Waals surface area contributed by atoms with Crippen molar-refractivity contribution in [3.05, 3.63) is 46.0 Å². The zero-order chi connectivity index (χ0) is 13.0. The van der Waals surface area contributed by atoms with Crippen LogP contribution in [0.3, 0.4) is 0 Å². The van der Waals surface area contributed by atoms with E-state index >= 15 is 0 Å². The van der Waals surface area contributed by atoms with Gasteiger partial charge in [0.05, 0.1) is 12.4 Å². The first kappa shape index (κ1) is 13.3. The Balaban J connectivity index is 2.27. The van der Waals surface area contributed by atoms with Gasteiger partial charge in [0, 0.05) is 23.2 Å². The number of thiophene rings is 1. The van der Waals surface area contributed by atoms with Crippen molar-refractivity contribution >= 4 is 28.8 Å². The molecule has 2 heterocycles. The summed E-state index contributed by atoms with van der Waals surface area (Å²) in [6, 6.07) is 5.65. The van der Waals surface area contributed by atoms with Gasteiger partial charge in [-0.3, -0.25) is 0 Å². The van der Waals surface area contributed by atoms with E-state index < -0.39 is 0 Å². The average Bonchev–Trinajstić information content (AvgIpc) is 2.89. The van der Waals surface area contributed by atoms with Crippen molar-refractivity contribution < 1.29 is 4.39 Å². The molecular formula is C13H14ClFN2S. The molecular weight excluding hydrogens is 271 g/mol. The Hall–Kier alpha value is -1.13. The highest BCUT2D eigenvalue weighted by Crippen LogP contribution is 2.23. The molecule has 5 heteroatoms. The van der Waals surface area contributed by atoms with Crippen LogP contribution in [0.25, 0.3) is 0 Å². The molecule has 2 aromatic heterocycles. The summed E-state index contributed by atoms with van der Waals surface area (Å²) in [6.45, 7) is 3.36. The maximum Gasteiger partial charge on any atom is 0.170 e. The fourth-order valence-electron chi connectivity index (χ4n) is 1.72. The Morgan fingerprint density at radius 1 is 1.44 bits per heavy atom. The molecule has 0 saturated heterocycles. The standard InChI is InChI=1S/C13H14ClFN2S/c1-2-17(9-11-4-3-7-18-11)13-12(15)10(8-14)5-6-16-13/h3-7H,2,8-9H2,1H3. The Kier molecular flexibility index (Phi) is 4.55. The van der Waals surface area contributed by atoms with Gasteiger partial charge in [0.1, 0.15) is 0 Å². The Morgan fingerprint density at radius 3 is 2.89 bits per heavy atom. The van der Waals surface area contributed by atoms with Crippen molar-refractivity contribution in [1.29, 1.82) is 0 Å². The van der Waals surface area contributed by atoms with Gasteiger partial charge in [-0.25, -0.2) is 9.37 Å². The number of nitrogens with zero attached hydrogens (tertiary/aromatic N) is 2. The summed E-state index contributed by atoms with van der Waals surface area (Å²) >= 11 is 7.37. The van der Waals surface area contributed by atoms with E-state index in [1.54, 1.807) is 23.6 Å². The molecule has 0 aliphatic carbocycles. The highest BCUT2D eigenvalue weighted by atomic mass is 35.5. The lowest BCUT2D eigenvalue weighted by atomic mass is 10.2. The molecule has 0 radical (unpaired) electrons. The number of hydrogen-bond acceptors (Lipinski definition) is 3. The van der Waals surface area contributed by atoms with E-state index in [1.807, 2.05) is 29.3 Å². The molecule has 0 unspecified atom stereocenters. The number of aromatic nitrogens is 1. The normalized spacial score (nSPS) is 10.6. The van der Waals surface area contributed by atoms with Crippen LogP contribution in [0.15, 0.2) is 29.8 Å². The third-order valence-electron chi connectivity index (χ3n) is 2.70. The Morgan fingerprint density at radius 2 is 2.28 bits per heavy atom. The number of anilines is 1. The van der Waals surface area contributed by atoms with E-state index in [-0.39, 0.29) is 11.7 Å². The fourth-order valence-corrected chi connectivity index (χ4v) is 2.65. The van der Waals surface area contributed by atoms with Crippen LogP contribution in [-0.2, 0) is 12.4 Å². The third-order valence-corrected chi connectivity index (χ3v) is 3.85. The molecule has 0 spiro atoms. The minimum atomic E-state index is -0.314.